The fourth-order valence-electron chi connectivity index (χ4n) is 10.8. The number of carbonyl (C=O) groups is 3. The maximum atomic E-state index is 14.3. The summed E-state index contributed by atoms with van der Waals surface area (Å²) in [4.78, 5) is 44.6. The fraction of sp³-hybridized carbons (Fsp3) is 0.543. The van der Waals surface area contributed by atoms with Crippen LogP contribution in [0.4, 0.5) is 26.3 Å². The number of ether oxygens (including phenoxy) is 1. The molecule has 2 aliphatic heterocycles. The topological polar surface area (TPSA) is 144 Å². The highest BCUT2D eigenvalue weighted by atomic mass is 79.9. The lowest BCUT2D eigenvalue weighted by Crippen LogP contribution is -2.66. The highest BCUT2D eigenvalue weighted by Gasteiger charge is 2.60. The summed E-state index contributed by atoms with van der Waals surface area (Å²) in [5, 5.41) is 11.7. The molecule has 3 aromatic heterocycles. The largest absolute Gasteiger partial charge is 0.449 e. The monoisotopic (exact) mass is 1010 g/mol. The summed E-state index contributed by atoms with van der Waals surface area (Å²) < 4.78 is 109. The van der Waals surface area contributed by atoms with Crippen molar-refractivity contribution < 1.29 is 58.7 Å². The van der Waals surface area contributed by atoms with Gasteiger partial charge in [-0.1, -0.05) is 11.6 Å². The van der Waals surface area contributed by atoms with E-state index in [2.05, 4.69) is 31.4 Å². The normalized spacial score (nSPS) is 25.3. The lowest BCUT2D eigenvalue weighted by Gasteiger charge is -2.57. The van der Waals surface area contributed by atoms with Gasteiger partial charge in [0, 0.05) is 55.3 Å². The van der Waals surface area contributed by atoms with Gasteiger partial charge in [0.25, 0.3) is 11.8 Å². The first-order valence-electron chi connectivity index (χ1n) is 22.3. The van der Waals surface area contributed by atoms with Crippen LogP contribution in [0.25, 0.3) is 21.9 Å². The van der Waals surface area contributed by atoms with Gasteiger partial charge in [-0.3, -0.25) is 14.4 Å². The predicted octanol–water partition coefficient (Wildman–Crippen LogP) is 10.6. The van der Waals surface area contributed by atoms with Gasteiger partial charge >= 0.3 is 12.4 Å². The predicted molar refractivity (Wildman–Crippen MR) is 227 cm³/mol. The molecule has 66 heavy (non-hydrogen) atoms. The Hall–Kier alpha value is -4.62. The number of likely N-dealkylation sites (tertiary alicyclic amines) is 2. The Morgan fingerprint density at radius 1 is 0.788 bits per heavy atom. The van der Waals surface area contributed by atoms with Crippen molar-refractivity contribution in [3.63, 3.8) is 0 Å². The molecule has 1 N–H and O–H groups in total. The standard InChI is InChI=1S/C46H43BrClF6N5O7/c1-21-56-57-42(63-21)44-10-8-43(9-11-44,55-39(60)37-33(47)28-14-25(22-2-3-22)16-30(35(28)65-37)45(49,50)51)18-32(44)64-27-19-59(20-27)40(61)24-6-12-58(13-7-24)41(62)38-34(48)29-15-26(23-4-5-23)17-31(36(29)66-38)46(52,53)54/h14-17,22-24,27,32H,2-13,18-20H2,1H3,(H,55,60). The van der Waals surface area contributed by atoms with Gasteiger partial charge in [0.15, 0.2) is 0 Å². The van der Waals surface area contributed by atoms with Gasteiger partial charge in [-0.2, -0.15) is 26.3 Å². The van der Waals surface area contributed by atoms with Crippen molar-refractivity contribution in [2.75, 3.05) is 26.2 Å². The first kappa shape index (κ1) is 43.9. The zero-order chi connectivity index (χ0) is 46.2. The Morgan fingerprint density at radius 2 is 1.36 bits per heavy atom. The summed E-state index contributed by atoms with van der Waals surface area (Å²) in [6.07, 6.45) is -4.09. The number of amides is 3. The quantitative estimate of drug-likeness (QED) is 0.143. The Bertz CT molecular complexity index is 2810. The van der Waals surface area contributed by atoms with Crippen LogP contribution >= 0.6 is 27.5 Å². The molecule has 7 aliphatic rings. The van der Waals surface area contributed by atoms with Crippen molar-refractivity contribution in [1.82, 2.24) is 25.3 Å². The van der Waals surface area contributed by atoms with E-state index in [4.69, 9.17) is 29.6 Å². The van der Waals surface area contributed by atoms with Gasteiger partial charge < -0.3 is 33.1 Å². The lowest BCUT2D eigenvalue weighted by atomic mass is 9.55. The maximum absolute atomic E-state index is 14.3. The minimum Gasteiger partial charge on any atom is -0.449 e. The third-order valence-electron chi connectivity index (χ3n) is 14.9. The number of alkyl halides is 6. The molecule has 5 aliphatic carbocycles. The number of hydrogen-bond donors (Lipinski definition) is 1. The van der Waals surface area contributed by atoms with Crippen LogP contribution in [0.15, 0.2) is 42.0 Å². The summed E-state index contributed by atoms with van der Waals surface area (Å²) in [6.45, 7) is 2.63. The van der Waals surface area contributed by atoms with Crippen molar-refractivity contribution in [2.24, 2.45) is 5.92 Å². The van der Waals surface area contributed by atoms with Crippen LogP contribution in [-0.4, -0.2) is 81.6 Å². The number of nitrogens with zero attached hydrogens (tertiary/aromatic N) is 4. The number of rotatable bonds is 9. The molecule has 5 heterocycles. The zero-order valence-corrected chi connectivity index (χ0v) is 37.8. The maximum Gasteiger partial charge on any atom is 0.420 e. The number of benzene rings is 2. The lowest BCUT2D eigenvalue weighted by molar-refractivity contribution is -0.175. The molecule has 0 spiro atoms. The van der Waals surface area contributed by atoms with E-state index in [9.17, 15) is 40.7 Å². The van der Waals surface area contributed by atoms with Crippen molar-refractivity contribution >= 4 is 67.2 Å². The van der Waals surface area contributed by atoms with E-state index >= 15 is 0 Å². The molecule has 350 valence electrons. The summed E-state index contributed by atoms with van der Waals surface area (Å²) in [7, 11) is 0. The molecular weight excluding hydrogens is 964 g/mol. The van der Waals surface area contributed by atoms with E-state index in [1.165, 1.54) is 4.90 Å². The Morgan fingerprint density at radius 3 is 1.92 bits per heavy atom. The van der Waals surface area contributed by atoms with Crippen molar-refractivity contribution in [2.45, 2.75) is 125 Å². The SMILES string of the molecule is Cc1nnc(C23CCC(NC(=O)c4oc5c(C(F)(F)F)cc(C6CC6)cc5c4Br)(CC2)CC3OC2CN(C(=O)C3CCN(C(=O)c4oc5c(C(F)(F)F)cc(C6CC6)cc5c4Cl)CC3)C2)o1. The first-order chi connectivity index (χ1) is 31.3. The Labute approximate surface area is 386 Å². The zero-order valence-electron chi connectivity index (χ0n) is 35.5. The van der Waals surface area contributed by atoms with Crippen LogP contribution in [0.3, 0.4) is 0 Å². The molecule has 20 heteroatoms. The molecule has 1 unspecified atom stereocenters. The second kappa shape index (κ2) is 15.5. The molecule has 0 radical (unpaired) electrons. The third-order valence-corrected chi connectivity index (χ3v) is 16.0. The van der Waals surface area contributed by atoms with E-state index in [0.29, 0.717) is 80.9 Å². The molecule has 1 atom stereocenters. The van der Waals surface area contributed by atoms with E-state index in [-0.39, 0.29) is 68.7 Å². The number of furan rings is 2. The van der Waals surface area contributed by atoms with E-state index in [0.717, 1.165) is 37.8 Å². The van der Waals surface area contributed by atoms with E-state index < -0.39 is 69.4 Å². The Kier molecular flexibility index (Phi) is 10.3. The molecule has 12 rings (SSSR count). The molecule has 2 saturated heterocycles. The highest BCUT2D eigenvalue weighted by Crippen LogP contribution is 2.56. The van der Waals surface area contributed by atoms with Crippen LogP contribution < -0.4 is 5.32 Å². The number of nitrogens with one attached hydrogen (secondary N) is 1. The summed E-state index contributed by atoms with van der Waals surface area (Å²) in [6, 6.07) is 5.44. The number of hydrogen-bond acceptors (Lipinski definition) is 9. The minimum atomic E-state index is -4.71. The van der Waals surface area contributed by atoms with Gasteiger partial charge in [-0.15, -0.1) is 10.2 Å². The smallest absolute Gasteiger partial charge is 0.420 e. The molecule has 5 saturated carbocycles. The first-order valence-corrected chi connectivity index (χ1v) is 23.5. The number of aryl methyl sites for hydroxylation is 1. The molecule has 3 amide bonds. The van der Waals surface area contributed by atoms with Crippen LogP contribution in [0, 0.1) is 12.8 Å². The van der Waals surface area contributed by atoms with Crippen LogP contribution in [-0.2, 0) is 27.3 Å². The van der Waals surface area contributed by atoms with Gasteiger partial charge in [0.2, 0.25) is 29.2 Å². The molecular formula is C46H43BrClF6N5O7. The van der Waals surface area contributed by atoms with Crippen LogP contribution in [0.1, 0.15) is 138 Å². The van der Waals surface area contributed by atoms with E-state index in [1.54, 1.807) is 24.0 Å². The number of aromatic nitrogens is 2. The van der Waals surface area contributed by atoms with Crippen molar-refractivity contribution in [3.05, 3.63) is 79.3 Å². The molecule has 5 aromatic rings. The minimum absolute atomic E-state index is 0.0148. The fourth-order valence-corrected chi connectivity index (χ4v) is 11.6. The number of piperidine rings is 1. The summed E-state index contributed by atoms with van der Waals surface area (Å²) >= 11 is 9.94. The summed E-state index contributed by atoms with van der Waals surface area (Å²) in [5.74, 6) is -1.51. The molecule has 12 nitrogen and oxygen atoms in total. The average Bonchev–Trinajstić information content (AvgIpc) is 4.20. The molecule has 7 fully saturated rings. The van der Waals surface area contributed by atoms with Crippen LogP contribution in [0.2, 0.25) is 5.02 Å². The van der Waals surface area contributed by atoms with Gasteiger partial charge in [-0.25, -0.2) is 0 Å². The van der Waals surface area contributed by atoms with Crippen molar-refractivity contribution in [1.29, 1.82) is 0 Å². The van der Waals surface area contributed by atoms with Crippen molar-refractivity contribution in [3.8, 4) is 0 Å². The van der Waals surface area contributed by atoms with Gasteiger partial charge in [0.1, 0.15) is 11.2 Å². The average molecular weight is 1010 g/mol. The highest BCUT2D eigenvalue weighted by molar-refractivity contribution is 9.10. The number of halogens is 8. The van der Waals surface area contributed by atoms with E-state index in [1.807, 2.05) is 0 Å². The number of carbonyl (C=O) groups excluding carboxylic acids is 3. The van der Waals surface area contributed by atoms with Gasteiger partial charge in [0.05, 0.1) is 38.2 Å². The van der Waals surface area contributed by atoms with Crippen LogP contribution in [0.5, 0.6) is 0 Å². The third kappa shape index (κ3) is 7.49. The number of fused-ring (bicyclic) bond motifs is 5. The summed E-state index contributed by atoms with van der Waals surface area (Å²) in [5.41, 5.74) is -3.14. The second-order valence-corrected chi connectivity index (χ2v) is 20.4. The molecule has 2 aromatic carbocycles. The Balaban J connectivity index is 0.751. The second-order valence-electron chi connectivity index (χ2n) is 19.2. The molecule has 2 bridgehead atoms. The van der Waals surface area contributed by atoms with Gasteiger partial charge in [-0.05, 0) is 134 Å².